The summed E-state index contributed by atoms with van der Waals surface area (Å²) in [5, 5.41) is 8.72. The van der Waals surface area contributed by atoms with Gasteiger partial charge in [-0.2, -0.15) is 0 Å². The number of benzene rings is 1. The van der Waals surface area contributed by atoms with Crippen LogP contribution in [0, 0.1) is 0 Å². The van der Waals surface area contributed by atoms with Crippen LogP contribution >= 0.6 is 0 Å². The molecule has 86 valence electrons. The van der Waals surface area contributed by atoms with Crippen molar-refractivity contribution in [3.63, 3.8) is 0 Å². The standard InChI is InChI=1S/C11H14N2O3/c1-6(12)4-10(14)8-3-2-7(11(15)16)5-9(8)13/h2-3,5-6H,4,12-13H2,1H3,(H,15,16)/t6-/m1/s1. The first-order valence-electron chi connectivity index (χ1n) is 4.83. The third-order valence-corrected chi connectivity index (χ3v) is 2.11. The van der Waals surface area contributed by atoms with Crippen LogP contribution in [0.15, 0.2) is 18.2 Å². The van der Waals surface area contributed by atoms with Crippen LogP contribution in [0.2, 0.25) is 0 Å². The van der Waals surface area contributed by atoms with Crippen LogP contribution in [-0.4, -0.2) is 22.9 Å². The van der Waals surface area contributed by atoms with E-state index in [4.69, 9.17) is 16.6 Å². The summed E-state index contributed by atoms with van der Waals surface area (Å²) in [6, 6.07) is 3.80. The molecule has 0 aliphatic carbocycles. The van der Waals surface area contributed by atoms with Gasteiger partial charge in [-0.1, -0.05) is 0 Å². The van der Waals surface area contributed by atoms with E-state index in [0.717, 1.165) is 0 Å². The Morgan fingerprint density at radius 2 is 2.06 bits per heavy atom. The molecule has 5 heteroatoms. The number of hydrogen-bond acceptors (Lipinski definition) is 4. The lowest BCUT2D eigenvalue weighted by Crippen LogP contribution is -2.20. The molecule has 0 aliphatic rings. The molecule has 0 aromatic heterocycles. The van der Waals surface area contributed by atoms with E-state index in [9.17, 15) is 9.59 Å². The Labute approximate surface area is 93.1 Å². The van der Waals surface area contributed by atoms with E-state index in [1.165, 1.54) is 18.2 Å². The lowest BCUT2D eigenvalue weighted by Gasteiger charge is -2.07. The number of Topliss-reactive ketones (excluding diaryl/α,β-unsaturated/α-hetero) is 1. The van der Waals surface area contributed by atoms with Crippen molar-refractivity contribution < 1.29 is 14.7 Å². The second-order valence-corrected chi connectivity index (χ2v) is 3.71. The molecule has 16 heavy (non-hydrogen) atoms. The molecule has 0 spiro atoms. The fourth-order valence-corrected chi connectivity index (χ4v) is 1.35. The van der Waals surface area contributed by atoms with E-state index in [1.807, 2.05) is 0 Å². The molecule has 0 heterocycles. The number of carbonyl (C=O) groups excluding carboxylic acids is 1. The second kappa shape index (κ2) is 4.76. The van der Waals surface area contributed by atoms with Gasteiger partial charge in [0.15, 0.2) is 5.78 Å². The molecule has 0 fully saturated rings. The van der Waals surface area contributed by atoms with E-state index in [1.54, 1.807) is 6.92 Å². The highest BCUT2D eigenvalue weighted by molar-refractivity contribution is 6.02. The molecule has 1 aromatic carbocycles. The largest absolute Gasteiger partial charge is 0.478 e. The smallest absolute Gasteiger partial charge is 0.335 e. The Morgan fingerprint density at radius 1 is 1.44 bits per heavy atom. The van der Waals surface area contributed by atoms with E-state index in [-0.39, 0.29) is 29.5 Å². The van der Waals surface area contributed by atoms with Gasteiger partial charge in [-0.25, -0.2) is 4.79 Å². The normalized spacial score (nSPS) is 12.1. The third kappa shape index (κ3) is 2.80. The predicted octanol–water partition coefficient (Wildman–Crippen LogP) is 0.887. The number of nitrogen functional groups attached to an aromatic ring is 1. The van der Waals surface area contributed by atoms with Gasteiger partial charge in [0.25, 0.3) is 0 Å². The SMILES string of the molecule is C[C@@H](N)CC(=O)c1ccc(C(=O)O)cc1N. The van der Waals surface area contributed by atoms with Gasteiger partial charge in [-0.15, -0.1) is 0 Å². The van der Waals surface area contributed by atoms with Crippen molar-refractivity contribution in [1.82, 2.24) is 0 Å². The Balaban J connectivity index is 2.99. The summed E-state index contributed by atoms with van der Waals surface area (Å²) in [5.74, 6) is -1.25. The number of hydrogen-bond donors (Lipinski definition) is 3. The number of carboxylic acids is 1. The predicted molar refractivity (Wildman–Crippen MR) is 60.4 cm³/mol. The van der Waals surface area contributed by atoms with Gasteiger partial charge < -0.3 is 16.6 Å². The van der Waals surface area contributed by atoms with Gasteiger partial charge in [-0.3, -0.25) is 4.79 Å². The molecular formula is C11H14N2O3. The lowest BCUT2D eigenvalue weighted by atomic mass is 10.0. The van der Waals surface area contributed by atoms with Crippen LogP contribution in [0.4, 0.5) is 5.69 Å². The highest BCUT2D eigenvalue weighted by Gasteiger charge is 2.13. The number of carbonyl (C=O) groups is 2. The van der Waals surface area contributed by atoms with E-state index in [0.29, 0.717) is 5.56 Å². The van der Waals surface area contributed by atoms with Crippen molar-refractivity contribution in [3.8, 4) is 0 Å². The minimum atomic E-state index is -1.07. The molecule has 0 bridgehead atoms. The van der Waals surface area contributed by atoms with Crippen LogP contribution in [0.1, 0.15) is 34.1 Å². The van der Waals surface area contributed by atoms with Crippen LogP contribution < -0.4 is 11.5 Å². The monoisotopic (exact) mass is 222 g/mol. The zero-order valence-electron chi connectivity index (χ0n) is 8.93. The van der Waals surface area contributed by atoms with E-state index in [2.05, 4.69) is 0 Å². The minimum absolute atomic E-state index is 0.0647. The molecule has 0 unspecified atom stereocenters. The molecule has 5 N–H and O–H groups in total. The Bertz CT molecular complexity index is 427. The van der Waals surface area contributed by atoms with E-state index < -0.39 is 5.97 Å². The Morgan fingerprint density at radius 3 is 2.50 bits per heavy atom. The molecule has 0 amide bonds. The number of carboxylic acid groups (broad SMARTS) is 1. The topological polar surface area (TPSA) is 106 Å². The fourth-order valence-electron chi connectivity index (χ4n) is 1.35. The van der Waals surface area contributed by atoms with Crippen molar-refractivity contribution in [1.29, 1.82) is 0 Å². The number of rotatable bonds is 4. The molecule has 5 nitrogen and oxygen atoms in total. The van der Waals surface area contributed by atoms with Crippen LogP contribution in [0.5, 0.6) is 0 Å². The maximum atomic E-state index is 11.6. The first-order valence-corrected chi connectivity index (χ1v) is 4.83. The van der Waals surface area contributed by atoms with Gasteiger partial charge in [0.1, 0.15) is 0 Å². The molecule has 1 rings (SSSR count). The Hall–Kier alpha value is -1.88. The van der Waals surface area contributed by atoms with Gasteiger partial charge in [0.2, 0.25) is 0 Å². The second-order valence-electron chi connectivity index (χ2n) is 3.71. The van der Waals surface area contributed by atoms with Crippen molar-refractivity contribution >= 4 is 17.4 Å². The van der Waals surface area contributed by atoms with Crippen molar-refractivity contribution in [2.75, 3.05) is 5.73 Å². The number of aromatic carboxylic acids is 1. The quantitative estimate of drug-likeness (QED) is 0.518. The zero-order chi connectivity index (χ0) is 12.3. The summed E-state index contributed by atoms with van der Waals surface area (Å²) in [7, 11) is 0. The summed E-state index contributed by atoms with van der Waals surface area (Å²) < 4.78 is 0. The van der Waals surface area contributed by atoms with Crippen LogP contribution in [-0.2, 0) is 0 Å². The minimum Gasteiger partial charge on any atom is -0.478 e. The van der Waals surface area contributed by atoms with Gasteiger partial charge >= 0.3 is 5.97 Å². The molecule has 0 saturated heterocycles. The first kappa shape index (κ1) is 12.2. The number of ketones is 1. The van der Waals surface area contributed by atoms with Gasteiger partial charge in [0, 0.05) is 23.7 Å². The summed E-state index contributed by atoms with van der Waals surface area (Å²) in [6.45, 7) is 1.72. The molecule has 1 aromatic rings. The maximum Gasteiger partial charge on any atom is 0.335 e. The Kier molecular flexibility index (Phi) is 3.63. The zero-order valence-corrected chi connectivity index (χ0v) is 8.93. The highest BCUT2D eigenvalue weighted by atomic mass is 16.4. The molecule has 0 radical (unpaired) electrons. The summed E-state index contributed by atoms with van der Waals surface area (Å²) in [4.78, 5) is 22.3. The van der Waals surface area contributed by atoms with Crippen molar-refractivity contribution in [2.45, 2.75) is 19.4 Å². The lowest BCUT2D eigenvalue weighted by molar-refractivity contribution is 0.0696. The maximum absolute atomic E-state index is 11.6. The fraction of sp³-hybridized carbons (Fsp3) is 0.273. The van der Waals surface area contributed by atoms with Crippen LogP contribution in [0.25, 0.3) is 0 Å². The summed E-state index contributed by atoms with van der Waals surface area (Å²) >= 11 is 0. The van der Waals surface area contributed by atoms with Crippen molar-refractivity contribution in [3.05, 3.63) is 29.3 Å². The van der Waals surface area contributed by atoms with Gasteiger partial charge in [-0.05, 0) is 25.1 Å². The summed E-state index contributed by atoms with van der Waals surface area (Å²) in [5.41, 5.74) is 11.7. The van der Waals surface area contributed by atoms with Crippen LogP contribution in [0.3, 0.4) is 0 Å². The third-order valence-electron chi connectivity index (χ3n) is 2.11. The van der Waals surface area contributed by atoms with Crippen molar-refractivity contribution in [2.24, 2.45) is 5.73 Å². The van der Waals surface area contributed by atoms with E-state index >= 15 is 0 Å². The molecule has 0 aliphatic heterocycles. The highest BCUT2D eigenvalue weighted by Crippen LogP contribution is 2.16. The molecule has 0 saturated carbocycles. The average molecular weight is 222 g/mol. The van der Waals surface area contributed by atoms with Gasteiger partial charge in [0.05, 0.1) is 5.56 Å². The molecular weight excluding hydrogens is 208 g/mol. The number of anilines is 1. The summed E-state index contributed by atoms with van der Waals surface area (Å²) in [6.07, 6.45) is 0.191. The molecule has 1 atom stereocenters. The average Bonchev–Trinajstić information content (AvgIpc) is 2.15. The number of nitrogens with two attached hydrogens (primary N) is 2. The first-order chi connectivity index (χ1) is 7.41.